The number of azo groups is 1. The number of rotatable bonds is 3. The molecule has 0 spiro atoms. The number of allylic oxidation sites excluding steroid dienone is 2. The van der Waals surface area contributed by atoms with Crippen molar-refractivity contribution in [2.75, 3.05) is 5.32 Å². The number of nitro groups is 1. The molecule has 1 aromatic heterocycles. The Hall–Kier alpha value is -3.17. The molecular weight excluding hydrogens is 330 g/mol. The summed E-state index contributed by atoms with van der Waals surface area (Å²) in [6.45, 7) is 0. The zero-order valence-electron chi connectivity index (χ0n) is 13.0. The number of pyridine rings is 1. The molecule has 0 radical (unpaired) electrons. The fourth-order valence-electron chi connectivity index (χ4n) is 3.31. The molecule has 2 N–H and O–H groups in total. The minimum Gasteiger partial charge on any atom is -0.510 e. The van der Waals surface area contributed by atoms with Gasteiger partial charge < -0.3 is 10.4 Å². The van der Waals surface area contributed by atoms with Gasteiger partial charge in [0.15, 0.2) is 11.5 Å². The molecule has 1 fully saturated rings. The van der Waals surface area contributed by atoms with Crippen molar-refractivity contribution in [2.45, 2.75) is 25.3 Å². The highest BCUT2D eigenvalue weighted by Crippen LogP contribution is 2.44. The lowest BCUT2D eigenvalue weighted by molar-refractivity contribution is -0.533. The first-order chi connectivity index (χ1) is 12.0. The van der Waals surface area contributed by atoms with Gasteiger partial charge in [-0.2, -0.15) is 0 Å². The standard InChI is InChI=1S/C15H15N5O5/c21-13-9-2-1-3-10(20(24)25)11(9)14(22)12(13)18-19-15(23)17-8-4-6-16-7-5-8/h4-7,9-11,21H,1-3H2,(H,16,17,23). The molecule has 0 saturated heterocycles. The van der Waals surface area contributed by atoms with Crippen LogP contribution in [0.25, 0.3) is 0 Å². The first-order valence-corrected chi connectivity index (χ1v) is 7.72. The van der Waals surface area contributed by atoms with E-state index in [-0.39, 0.29) is 17.9 Å². The van der Waals surface area contributed by atoms with Crippen molar-refractivity contribution in [3.05, 3.63) is 46.1 Å². The Morgan fingerprint density at radius 1 is 1.36 bits per heavy atom. The van der Waals surface area contributed by atoms with Gasteiger partial charge in [0.1, 0.15) is 11.7 Å². The van der Waals surface area contributed by atoms with Gasteiger partial charge in [0, 0.05) is 35.3 Å². The number of hydrogen-bond donors (Lipinski definition) is 2. The monoisotopic (exact) mass is 345 g/mol. The van der Waals surface area contributed by atoms with Crippen molar-refractivity contribution in [1.82, 2.24) is 4.98 Å². The van der Waals surface area contributed by atoms with E-state index in [1.54, 1.807) is 12.1 Å². The molecule has 3 unspecified atom stereocenters. The summed E-state index contributed by atoms with van der Waals surface area (Å²) in [6, 6.07) is 1.20. The van der Waals surface area contributed by atoms with Crippen molar-refractivity contribution in [2.24, 2.45) is 22.1 Å². The van der Waals surface area contributed by atoms with Crippen LogP contribution in [0.4, 0.5) is 10.5 Å². The van der Waals surface area contributed by atoms with E-state index in [1.165, 1.54) is 12.4 Å². The minimum atomic E-state index is -1.05. The fraction of sp³-hybridized carbons (Fsp3) is 0.400. The second-order valence-corrected chi connectivity index (χ2v) is 5.88. The summed E-state index contributed by atoms with van der Waals surface area (Å²) in [7, 11) is 0. The van der Waals surface area contributed by atoms with Crippen LogP contribution in [0, 0.1) is 22.0 Å². The number of Topliss-reactive ketones (excluding diaryl/α,β-unsaturated/α-hetero) is 1. The Morgan fingerprint density at radius 3 is 2.76 bits per heavy atom. The summed E-state index contributed by atoms with van der Waals surface area (Å²) >= 11 is 0. The predicted molar refractivity (Wildman–Crippen MR) is 84.4 cm³/mol. The first-order valence-electron chi connectivity index (χ1n) is 7.72. The van der Waals surface area contributed by atoms with Crippen LogP contribution in [0.5, 0.6) is 0 Å². The number of ketones is 1. The predicted octanol–water partition coefficient (Wildman–Crippen LogP) is 2.48. The summed E-state index contributed by atoms with van der Waals surface area (Å²) in [4.78, 5) is 38.6. The maximum atomic E-state index is 12.4. The number of aliphatic hydroxyl groups is 1. The van der Waals surface area contributed by atoms with Gasteiger partial charge in [-0.15, -0.1) is 5.11 Å². The van der Waals surface area contributed by atoms with Crippen LogP contribution < -0.4 is 5.32 Å². The highest BCUT2D eigenvalue weighted by atomic mass is 16.6. The molecule has 10 nitrogen and oxygen atoms in total. The third-order valence-corrected chi connectivity index (χ3v) is 4.44. The zero-order chi connectivity index (χ0) is 18.0. The largest absolute Gasteiger partial charge is 0.510 e. The molecule has 0 aromatic carbocycles. The van der Waals surface area contributed by atoms with Gasteiger partial charge in [-0.05, 0) is 25.0 Å². The van der Waals surface area contributed by atoms with Gasteiger partial charge in [-0.1, -0.05) is 5.11 Å². The van der Waals surface area contributed by atoms with Gasteiger partial charge in [-0.25, -0.2) is 4.79 Å². The van der Waals surface area contributed by atoms with Crippen molar-refractivity contribution in [3.63, 3.8) is 0 Å². The van der Waals surface area contributed by atoms with Crippen LogP contribution in [0.1, 0.15) is 19.3 Å². The molecule has 10 heteroatoms. The van der Waals surface area contributed by atoms with E-state index >= 15 is 0 Å². The number of urea groups is 1. The molecule has 130 valence electrons. The van der Waals surface area contributed by atoms with Crippen molar-refractivity contribution >= 4 is 17.5 Å². The molecule has 0 aliphatic heterocycles. The lowest BCUT2D eigenvalue weighted by Crippen LogP contribution is -2.40. The fourth-order valence-corrected chi connectivity index (χ4v) is 3.31. The number of aliphatic hydroxyl groups excluding tert-OH is 1. The Balaban J connectivity index is 1.75. The second-order valence-electron chi connectivity index (χ2n) is 5.88. The topological polar surface area (TPSA) is 147 Å². The Kier molecular flexibility index (Phi) is 4.50. The van der Waals surface area contributed by atoms with Gasteiger partial charge in [0.05, 0.1) is 0 Å². The Labute approximate surface area is 141 Å². The quantitative estimate of drug-likeness (QED) is 0.488. The van der Waals surface area contributed by atoms with E-state index in [0.29, 0.717) is 18.5 Å². The van der Waals surface area contributed by atoms with Crippen LogP contribution in [0.15, 0.2) is 46.2 Å². The number of amides is 2. The van der Waals surface area contributed by atoms with E-state index in [4.69, 9.17) is 0 Å². The number of anilines is 1. The van der Waals surface area contributed by atoms with Crippen LogP contribution in [-0.4, -0.2) is 32.9 Å². The first kappa shape index (κ1) is 16.7. The molecule has 1 heterocycles. The Bertz CT molecular complexity index is 776. The average Bonchev–Trinajstić information content (AvgIpc) is 2.85. The normalized spacial score (nSPS) is 25.9. The molecule has 2 aliphatic rings. The molecule has 3 atom stereocenters. The van der Waals surface area contributed by atoms with E-state index in [0.717, 1.165) is 0 Å². The van der Waals surface area contributed by atoms with E-state index in [1.807, 2.05) is 0 Å². The summed E-state index contributed by atoms with van der Waals surface area (Å²) < 4.78 is 0. The molecule has 2 amide bonds. The van der Waals surface area contributed by atoms with E-state index in [9.17, 15) is 24.8 Å². The van der Waals surface area contributed by atoms with Gasteiger partial charge in [0.25, 0.3) is 0 Å². The number of hydrogen-bond acceptors (Lipinski definition) is 7. The van der Waals surface area contributed by atoms with E-state index in [2.05, 4.69) is 20.5 Å². The average molecular weight is 345 g/mol. The molecule has 1 saturated carbocycles. The number of nitrogens with one attached hydrogen (secondary N) is 1. The summed E-state index contributed by atoms with van der Waals surface area (Å²) in [6.07, 6.45) is 4.24. The third kappa shape index (κ3) is 3.23. The number of aromatic nitrogens is 1. The lowest BCUT2D eigenvalue weighted by Gasteiger charge is -2.26. The van der Waals surface area contributed by atoms with E-state index < -0.39 is 34.6 Å². The van der Waals surface area contributed by atoms with Crippen LogP contribution in [0.2, 0.25) is 0 Å². The van der Waals surface area contributed by atoms with Gasteiger partial charge in [0.2, 0.25) is 6.04 Å². The highest BCUT2D eigenvalue weighted by Gasteiger charge is 2.53. The smallest absolute Gasteiger partial charge is 0.364 e. The summed E-state index contributed by atoms with van der Waals surface area (Å²) in [5.41, 5.74) is 0.0746. The number of carbonyl (C=O) groups excluding carboxylic acids is 2. The van der Waals surface area contributed by atoms with Crippen molar-refractivity contribution in [3.8, 4) is 0 Å². The van der Waals surface area contributed by atoms with Crippen LogP contribution in [-0.2, 0) is 4.79 Å². The maximum Gasteiger partial charge on any atom is 0.364 e. The summed E-state index contributed by atoms with van der Waals surface area (Å²) in [5, 5.41) is 30.7. The lowest BCUT2D eigenvalue weighted by atomic mass is 9.77. The van der Waals surface area contributed by atoms with Gasteiger partial charge in [-0.3, -0.25) is 19.9 Å². The number of nitrogens with zero attached hydrogens (tertiary/aromatic N) is 4. The third-order valence-electron chi connectivity index (χ3n) is 4.44. The maximum absolute atomic E-state index is 12.4. The number of carbonyl (C=O) groups is 2. The zero-order valence-corrected chi connectivity index (χ0v) is 13.0. The van der Waals surface area contributed by atoms with Crippen LogP contribution >= 0.6 is 0 Å². The minimum absolute atomic E-state index is 0.278. The summed E-state index contributed by atoms with van der Waals surface area (Å²) in [5.74, 6) is -2.53. The molecule has 3 rings (SSSR count). The van der Waals surface area contributed by atoms with Crippen molar-refractivity contribution < 1.29 is 19.6 Å². The molecule has 0 bridgehead atoms. The Morgan fingerprint density at radius 2 is 2.08 bits per heavy atom. The second kappa shape index (κ2) is 6.75. The molecular formula is C15H15N5O5. The molecule has 2 aliphatic carbocycles. The van der Waals surface area contributed by atoms with Gasteiger partial charge >= 0.3 is 6.03 Å². The number of fused-ring (bicyclic) bond motifs is 1. The highest BCUT2D eigenvalue weighted by molar-refractivity contribution is 6.01. The molecule has 25 heavy (non-hydrogen) atoms. The van der Waals surface area contributed by atoms with Crippen LogP contribution in [0.3, 0.4) is 0 Å². The molecule has 1 aromatic rings. The SMILES string of the molecule is O=C(N=NC1=C(O)C2CCCC([N+](=O)[O-])C2C1=O)Nc1ccncc1. The van der Waals surface area contributed by atoms with Crippen molar-refractivity contribution in [1.29, 1.82) is 0 Å².